The average molecular weight is 253 g/mol. The van der Waals surface area contributed by atoms with Crippen molar-refractivity contribution in [2.24, 2.45) is 0 Å². The highest BCUT2D eigenvalue weighted by atomic mass is 16.5. The van der Waals surface area contributed by atoms with Crippen LogP contribution in [0.25, 0.3) is 0 Å². The summed E-state index contributed by atoms with van der Waals surface area (Å²) in [5.74, 6) is 0.769. The Morgan fingerprint density at radius 2 is 2.11 bits per heavy atom. The second-order valence-electron chi connectivity index (χ2n) is 3.83. The molecule has 0 saturated heterocycles. The number of carbonyl (C=O) groups excluding carboxylic acids is 1. The molecule has 0 bridgehead atoms. The smallest absolute Gasteiger partial charge is 0.255 e. The van der Waals surface area contributed by atoms with Crippen LogP contribution in [0.4, 0.5) is 0 Å². The van der Waals surface area contributed by atoms with Gasteiger partial charge in [0.25, 0.3) is 5.91 Å². The highest BCUT2D eigenvalue weighted by Gasteiger charge is 2.16. The maximum atomic E-state index is 12.1. The number of hydrogen-bond donors (Lipinski definition) is 2. The fourth-order valence-corrected chi connectivity index (χ4v) is 1.53. The van der Waals surface area contributed by atoms with E-state index >= 15 is 0 Å². The Bertz CT molecular complexity index is 402. The van der Waals surface area contributed by atoms with E-state index in [2.05, 4.69) is 5.32 Å². The zero-order valence-electron chi connectivity index (χ0n) is 10.9. The SMILES string of the molecule is CC[C@@H](CO)NC(=O)c1cc(OC)ccc1OC. The van der Waals surface area contributed by atoms with Crippen LogP contribution < -0.4 is 14.8 Å². The summed E-state index contributed by atoms with van der Waals surface area (Å²) in [5.41, 5.74) is 0.392. The molecule has 5 nitrogen and oxygen atoms in total. The van der Waals surface area contributed by atoms with Crippen molar-refractivity contribution in [3.8, 4) is 11.5 Å². The second-order valence-corrected chi connectivity index (χ2v) is 3.83. The Hall–Kier alpha value is -1.75. The Kier molecular flexibility index (Phi) is 5.45. The van der Waals surface area contributed by atoms with Gasteiger partial charge in [-0.3, -0.25) is 4.79 Å². The predicted molar refractivity (Wildman–Crippen MR) is 68.2 cm³/mol. The summed E-state index contributed by atoms with van der Waals surface area (Å²) >= 11 is 0. The number of amides is 1. The van der Waals surface area contributed by atoms with E-state index in [1.54, 1.807) is 18.2 Å². The lowest BCUT2D eigenvalue weighted by atomic mass is 10.1. The molecule has 0 saturated carbocycles. The Morgan fingerprint density at radius 1 is 1.39 bits per heavy atom. The Balaban J connectivity index is 2.95. The summed E-state index contributed by atoms with van der Waals surface area (Å²) in [7, 11) is 3.04. The number of hydrogen-bond acceptors (Lipinski definition) is 4. The maximum Gasteiger partial charge on any atom is 0.255 e. The van der Waals surface area contributed by atoms with E-state index in [9.17, 15) is 4.79 Å². The van der Waals surface area contributed by atoms with Crippen LogP contribution in [0.15, 0.2) is 18.2 Å². The Labute approximate surface area is 107 Å². The van der Waals surface area contributed by atoms with Gasteiger partial charge in [0.2, 0.25) is 0 Å². The van der Waals surface area contributed by atoms with Gasteiger partial charge in [-0.25, -0.2) is 0 Å². The van der Waals surface area contributed by atoms with Crippen molar-refractivity contribution >= 4 is 5.91 Å². The molecule has 0 unspecified atom stereocenters. The van der Waals surface area contributed by atoms with Crippen molar-refractivity contribution in [3.63, 3.8) is 0 Å². The van der Waals surface area contributed by atoms with E-state index < -0.39 is 0 Å². The lowest BCUT2D eigenvalue weighted by Gasteiger charge is -2.16. The van der Waals surface area contributed by atoms with Gasteiger partial charge in [-0.15, -0.1) is 0 Å². The fraction of sp³-hybridized carbons (Fsp3) is 0.462. The second kappa shape index (κ2) is 6.86. The normalized spacial score (nSPS) is 11.8. The standard InChI is InChI=1S/C13H19NO4/c1-4-9(8-15)14-13(16)11-7-10(17-2)5-6-12(11)18-3/h5-7,9,15H,4,8H2,1-3H3,(H,14,16)/t9-/m0/s1. The number of carbonyl (C=O) groups is 1. The molecule has 1 rings (SSSR count). The monoisotopic (exact) mass is 253 g/mol. The number of aliphatic hydroxyl groups is 1. The van der Waals surface area contributed by atoms with Crippen LogP contribution in [0, 0.1) is 0 Å². The molecule has 18 heavy (non-hydrogen) atoms. The zero-order chi connectivity index (χ0) is 13.5. The molecule has 100 valence electrons. The van der Waals surface area contributed by atoms with Crippen LogP contribution in [0.2, 0.25) is 0 Å². The maximum absolute atomic E-state index is 12.1. The van der Waals surface area contributed by atoms with E-state index in [-0.39, 0.29) is 18.6 Å². The van der Waals surface area contributed by atoms with E-state index in [1.807, 2.05) is 6.92 Å². The van der Waals surface area contributed by atoms with Crippen LogP contribution in [0.1, 0.15) is 23.7 Å². The third kappa shape index (κ3) is 3.37. The molecule has 0 fully saturated rings. The van der Waals surface area contributed by atoms with Crippen molar-refractivity contribution in [2.75, 3.05) is 20.8 Å². The first-order valence-electron chi connectivity index (χ1n) is 5.80. The van der Waals surface area contributed by atoms with Gasteiger partial charge >= 0.3 is 0 Å². The minimum Gasteiger partial charge on any atom is -0.497 e. The number of ether oxygens (including phenoxy) is 2. The van der Waals surface area contributed by atoms with Gasteiger partial charge in [-0.05, 0) is 24.6 Å². The molecule has 0 spiro atoms. The van der Waals surface area contributed by atoms with Gasteiger partial charge in [-0.2, -0.15) is 0 Å². The van der Waals surface area contributed by atoms with Gasteiger partial charge in [0.15, 0.2) is 0 Å². The summed E-state index contributed by atoms with van der Waals surface area (Å²) in [6, 6.07) is 4.75. The fourth-order valence-electron chi connectivity index (χ4n) is 1.53. The lowest BCUT2D eigenvalue weighted by Crippen LogP contribution is -2.37. The van der Waals surface area contributed by atoms with E-state index in [1.165, 1.54) is 14.2 Å². The molecule has 0 radical (unpaired) electrons. The van der Waals surface area contributed by atoms with Gasteiger partial charge < -0.3 is 19.9 Å². The van der Waals surface area contributed by atoms with E-state index in [4.69, 9.17) is 14.6 Å². The van der Waals surface area contributed by atoms with E-state index in [0.717, 1.165) is 0 Å². The number of methoxy groups -OCH3 is 2. The third-order valence-corrected chi connectivity index (χ3v) is 2.70. The molecule has 1 atom stereocenters. The number of aliphatic hydroxyl groups excluding tert-OH is 1. The van der Waals surface area contributed by atoms with Crippen LogP contribution >= 0.6 is 0 Å². The zero-order valence-corrected chi connectivity index (χ0v) is 10.9. The summed E-state index contributed by atoms with van der Waals surface area (Å²) in [6.45, 7) is 1.80. The average Bonchev–Trinajstić information content (AvgIpc) is 2.43. The van der Waals surface area contributed by atoms with Gasteiger partial charge in [0.1, 0.15) is 11.5 Å². The molecule has 2 N–H and O–H groups in total. The molecule has 0 aromatic heterocycles. The van der Waals surface area contributed by atoms with Gasteiger partial charge in [0.05, 0.1) is 32.4 Å². The van der Waals surface area contributed by atoms with Crippen molar-refractivity contribution in [3.05, 3.63) is 23.8 Å². The van der Waals surface area contributed by atoms with Crippen LogP contribution in [-0.4, -0.2) is 37.9 Å². The van der Waals surface area contributed by atoms with Crippen LogP contribution in [-0.2, 0) is 0 Å². The van der Waals surface area contributed by atoms with E-state index in [0.29, 0.717) is 23.5 Å². The minimum absolute atomic E-state index is 0.0888. The quantitative estimate of drug-likeness (QED) is 0.799. The molecule has 1 aromatic rings. The van der Waals surface area contributed by atoms with Gasteiger partial charge in [0, 0.05) is 0 Å². The topological polar surface area (TPSA) is 67.8 Å². The summed E-state index contributed by atoms with van der Waals surface area (Å²) in [4.78, 5) is 12.1. The Morgan fingerprint density at radius 3 is 2.61 bits per heavy atom. The highest BCUT2D eigenvalue weighted by Crippen LogP contribution is 2.23. The summed E-state index contributed by atoms with van der Waals surface area (Å²) < 4.78 is 10.2. The van der Waals surface area contributed by atoms with Crippen molar-refractivity contribution < 1.29 is 19.4 Å². The lowest BCUT2D eigenvalue weighted by molar-refractivity contribution is 0.0911. The third-order valence-electron chi connectivity index (χ3n) is 2.70. The van der Waals surface area contributed by atoms with Crippen LogP contribution in [0.3, 0.4) is 0 Å². The van der Waals surface area contributed by atoms with Gasteiger partial charge in [-0.1, -0.05) is 6.92 Å². The molecule has 0 aliphatic heterocycles. The molecular weight excluding hydrogens is 234 g/mol. The number of nitrogens with one attached hydrogen (secondary N) is 1. The van der Waals surface area contributed by atoms with Crippen LogP contribution in [0.5, 0.6) is 11.5 Å². The summed E-state index contributed by atoms with van der Waals surface area (Å²) in [6.07, 6.45) is 0.661. The molecule has 1 aromatic carbocycles. The number of rotatable bonds is 6. The molecule has 0 heterocycles. The first-order chi connectivity index (χ1) is 8.65. The molecule has 1 amide bonds. The molecule has 0 aliphatic rings. The predicted octanol–water partition coefficient (Wildman–Crippen LogP) is 1.20. The number of benzene rings is 1. The van der Waals surface area contributed by atoms with Crippen molar-refractivity contribution in [1.82, 2.24) is 5.32 Å². The highest BCUT2D eigenvalue weighted by molar-refractivity contribution is 5.97. The van der Waals surface area contributed by atoms with Crippen molar-refractivity contribution in [2.45, 2.75) is 19.4 Å². The first kappa shape index (κ1) is 14.3. The molecule has 5 heteroatoms. The minimum atomic E-state index is -0.286. The summed E-state index contributed by atoms with van der Waals surface area (Å²) in [5, 5.41) is 11.8. The first-order valence-corrected chi connectivity index (χ1v) is 5.80. The largest absolute Gasteiger partial charge is 0.497 e. The molecular formula is C13H19NO4. The van der Waals surface area contributed by atoms with Crippen molar-refractivity contribution in [1.29, 1.82) is 0 Å². The molecule has 0 aliphatic carbocycles.